The summed E-state index contributed by atoms with van der Waals surface area (Å²) in [5, 5.41) is 37.7. The van der Waals surface area contributed by atoms with Crippen LogP contribution in [0, 0.1) is 5.41 Å². The van der Waals surface area contributed by atoms with E-state index in [0.29, 0.717) is 0 Å². The maximum Gasteiger partial charge on any atom is 0.304 e. The highest BCUT2D eigenvalue weighted by atomic mass is 16.4. The number of carbonyl (C=O) groups is 5. The van der Waals surface area contributed by atoms with Crippen LogP contribution < -0.4 is 0 Å². The molecule has 1 rings (SSSR count). The van der Waals surface area contributed by atoms with Gasteiger partial charge in [-0.15, -0.1) is 0 Å². The predicted octanol–water partition coefficient (Wildman–Crippen LogP) is 1.15. The average molecular weight is 398 g/mol. The molecule has 11 heteroatoms. The molecule has 28 heavy (non-hydrogen) atoms. The Balaban J connectivity index is 3.91. The SMILES string of the molecule is CCC(CC(=O)O)(CC(=O)O)C(CC(=O)O)(CC(=O)O)c1cnc(C(C)=O)[nH]1. The average Bonchev–Trinajstić information content (AvgIpc) is 3.01. The van der Waals surface area contributed by atoms with Crippen molar-refractivity contribution in [2.75, 3.05) is 0 Å². The summed E-state index contributed by atoms with van der Waals surface area (Å²) >= 11 is 0. The summed E-state index contributed by atoms with van der Waals surface area (Å²) in [4.78, 5) is 64.4. The minimum absolute atomic E-state index is 0.105. The molecule has 0 aromatic carbocycles. The van der Waals surface area contributed by atoms with E-state index in [0.717, 1.165) is 6.20 Å². The molecule has 0 radical (unpaired) electrons. The van der Waals surface area contributed by atoms with Crippen molar-refractivity contribution in [3.63, 3.8) is 0 Å². The van der Waals surface area contributed by atoms with E-state index in [2.05, 4.69) is 9.97 Å². The molecule has 0 fully saturated rings. The van der Waals surface area contributed by atoms with Crippen molar-refractivity contribution < 1.29 is 44.4 Å². The number of hydrogen-bond donors (Lipinski definition) is 5. The lowest BCUT2D eigenvalue weighted by atomic mass is 9.54. The number of ketones is 1. The summed E-state index contributed by atoms with van der Waals surface area (Å²) in [6.45, 7) is 2.65. The predicted molar refractivity (Wildman–Crippen MR) is 92.0 cm³/mol. The molecule has 0 atom stereocenters. The number of nitrogens with zero attached hydrogens (tertiary/aromatic N) is 1. The van der Waals surface area contributed by atoms with Gasteiger partial charge < -0.3 is 25.4 Å². The van der Waals surface area contributed by atoms with Gasteiger partial charge in [0.15, 0.2) is 11.6 Å². The molecule has 0 saturated carbocycles. The van der Waals surface area contributed by atoms with Crippen LogP contribution in [-0.4, -0.2) is 60.1 Å². The second-order valence-electron chi connectivity index (χ2n) is 6.70. The molecule has 0 aliphatic heterocycles. The number of nitrogens with one attached hydrogen (secondary N) is 1. The van der Waals surface area contributed by atoms with Gasteiger partial charge >= 0.3 is 23.9 Å². The molecule has 5 N–H and O–H groups in total. The molecule has 0 bridgehead atoms. The topological polar surface area (TPSA) is 195 Å². The molecule has 154 valence electrons. The van der Waals surface area contributed by atoms with E-state index < -0.39 is 66.2 Å². The molecule has 0 amide bonds. The number of carboxylic acids is 4. The van der Waals surface area contributed by atoms with E-state index in [4.69, 9.17) is 0 Å². The zero-order valence-electron chi connectivity index (χ0n) is 15.4. The van der Waals surface area contributed by atoms with Crippen molar-refractivity contribution in [3.8, 4) is 0 Å². The number of rotatable bonds is 12. The second-order valence-corrected chi connectivity index (χ2v) is 6.70. The fourth-order valence-electron chi connectivity index (χ4n) is 3.74. The number of aromatic nitrogens is 2. The number of Topliss-reactive ketones (excluding diaryl/α,β-unsaturated/α-hetero) is 1. The van der Waals surface area contributed by atoms with E-state index in [1.165, 1.54) is 13.8 Å². The Hall–Kier alpha value is -3.24. The third kappa shape index (κ3) is 4.72. The number of aliphatic carboxylic acids is 4. The van der Waals surface area contributed by atoms with E-state index in [9.17, 15) is 44.4 Å². The number of aromatic amines is 1. The molecule has 0 unspecified atom stereocenters. The lowest BCUT2D eigenvalue weighted by Crippen LogP contribution is -2.51. The number of imidazole rings is 1. The zero-order valence-corrected chi connectivity index (χ0v) is 15.4. The van der Waals surface area contributed by atoms with Crippen molar-refractivity contribution in [3.05, 3.63) is 17.7 Å². The Labute approximate surface area is 159 Å². The van der Waals surface area contributed by atoms with Crippen LogP contribution in [0.15, 0.2) is 6.20 Å². The highest BCUT2D eigenvalue weighted by Gasteiger charge is 2.56. The van der Waals surface area contributed by atoms with Gasteiger partial charge in [0.2, 0.25) is 0 Å². The molecule has 1 heterocycles. The van der Waals surface area contributed by atoms with Crippen LogP contribution in [0.5, 0.6) is 0 Å². The first-order valence-electron chi connectivity index (χ1n) is 8.32. The molecule has 0 aliphatic carbocycles. The molecule has 11 nitrogen and oxygen atoms in total. The third-order valence-electron chi connectivity index (χ3n) is 5.00. The van der Waals surface area contributed by atoms with Crippen LogP contribution in [0.25, 0.3) is 0 Å². The van der Waals surface area contributed by atoms with Crippen LogP contribution in [0.2, 0.25) is 0 Å². The lowest BCUT2D eigenvalue weighted by Gasteiger charge is -2.47. The summed E-state index contributed by atoms with van der Waals surface area (Å²) in [6, 6.07) is 0. The Morgan fingerprint density at radius 2 is 1.32 bits per heavy atom. The first-order chi connectivity index (χ1) is 12.9. The van der Waals surface area contributed by atoms with Gasteiger partial charge in [-0.2, -0.15) is 0 Å². The molecular formula is C17H22N2O9. The first kappa shape index (κ1) is 22.8. The van der Waals surface area contributed by atoms with Crippen molar-refractivity contribution in [1.82, 2.24) is 9.97 Å². The van der Waals surface area contributed by atoms with Gasteiger partial charge in [-0.3, -0.25) is 24.0 Å². The summed E-state index contributed by atoms with van der Waals surface area (Å²) < 4.78 is 0. The molecule has 0 aliphatic rings. The number of carboxylic acid groups (broad SMARTS) is 4. The first-order valence-corrected chi connectivity index (χ1v) is 8.32. The summed E-state index contributed by atoms with van der Waals surface area (Å²) in [6.07, 6.45) is -2.38. The standard InChI is InChI=1S/C17H22N2O9/c1-3-16(4-11(21)22,5-12(23)24)17(6-13(25)26,7-14(27)28)10-8-18-15(19-10)9(2)20/h8H,3-7H2,1-2H3,(H,18,19)(H,21,22)(H,23,24)(H,25,26)(H,27,28). The highest BCUT2D eigenvalue weighted by Crippen LogP contribution is 2.53. The number of hydrogen-bond acceptors (Lipinski definition) is 6. The minimum atomic E-state index is -1.96. The smallest absolute Gasteiger partial charge is 0.304 e. The highest BCUT2D eigenvalue weighted by molar-refractivity contribution is 5.90. The Morgan fingerprint density at radius 1 is 0.893 bits per heavy atom. The van der Waals surface area contributed by atoms with Gasteiger partial charge in [-0.05, 0) is 6.42 Å². The van der Waals surface area contributed by atoms with Crippen LogP contribution in [0.3, 0.4) is 0 Å². The fourth-order valence-corrected chi connectivity index (χ4v) is 3.74. The summed E-state index contributed by atoms with van der Waals surface area (Å²) in [5.41, 5.74) is -3.84. The molecule has 1 aromatic heterocycles. The van der Waals surface area contributed by atoms with Crippen molar-refractivity contribution in [2.45, 2.75) is 51.4 Å². The van der Waals surface area contributed by atoms with Crippen LogP contribution >= 0.6 is 0 Å². The fraction of sp³-hybridized carbons (Fsp3) is 0.529. The third-order valence-corrected chi connectivity index (χ3v) is 5.00. The summed E-state index contributed by atoms with van der Waals surface area (Å²) in [7, 11) is 0. The van der Waals surface area contributed by atoms with E-state index >= 15 is 0 Å². The quantitative estimate of drug-likeness (QED) is 0.318. The van der Waals surface area contributed by atoms with Crippen molar-refractivity contribution in [2.24, 2.45) is 5.41 Å². The second kappa shape index (κ2) is 8.63. The van der Waals surface area contributed by atoms with Gasteiger partial charge in [0.1, 0.15) is 0 Å². The van der Waals surface area contributed by atoms with Gasteiger partial charge in [-0.1, -0.05) is 6.92 Å². The maximum absolute atomic E-state index is 11.7. The van der Waals surface area contributed by atoms with Crippen LogP contribution in [0.1, 0.15) is 62.3 Å². The summed E-state index contributed by atoms with van der Waals surface area (Å²) in [5.74, 6) is -6.40. The minimum Gasteiger partial charge on any atom is -0.481 e. The Bertz CT molecular complexity index is 764. The van der Waals surface area contributed by atoms with Crippen LogP contribution in [0.4, 0.5) is 0 Å². The van der Waals surface area contributed by atoms with E-state index in [1.54, 1.807) is 0 Å². The monoisotopic (exact) mass is 398 g/mol. The van der Waals surface area contributed by atoms with E-state index in [1.807, 2.05) is 0 Å². The van der Waals surface area contributed by atoms with Crippen molar-refractivity contribution in [1.29, 1.82) is 0 Å². The van der Waals surface area contributed by atoms with Crippen LogP contribution in [-0.2, 0) is 24.6 Å². The Morgan fingerprint density at radius 3 is 1.61 bits per heavy atom. The van der Waals surface area contributed by atoms with Gasteiger partial charge in [0.05, 0.1) is 25.7 Å². The van der Waals surface area contributed by atoms with Crippen molar-refractivity contribution >= 4 is 29.7 Å². The van der Waals surface area contributed by atoms with Gasteiger partial charge in [0.25, 0.3) is 0 Å². The molecule has 0 saturated heterocycles. The van der Waals surface area contributed by atoms with Gasteiger partial charge in [0, 0.05) is 29.6 Å². The number of H-pyrrole nitrogens is 1. The maximum atomic E-state index is 11.7. The molecular weight excluding hydrogens is 376 g/mol. The lowest BCUT2D eigenvalue weighted by molar-refractivity contribution is -0.155. The number of carbonyl (C=O) groups excluding carboxylic acids is 1. The largest absolute Gasteiger partial charge is 0.481 e. The molecule has 1 aromatic rings. The Kier molecular flexibility index (Phi) is 7.03. The zero-order chi connectivity index (χ0) is 21.7. The normalized spacial score (nSPS) is 11.8. The van der Waals surface area contributed by atoms with E-state index in [-0.39, 0.29) is 17.9 Å². The molecule has 0 spiro atoms. The van der Waals surface area contributed by atoms with Gasteiger partial charge in [-0.25, -0.2) is 4.98 Å².